The SMILES string of the molecule is CN1CCCC1Cc1cn(CP(=O)(O)O)c2cccc(OP(=O)(O)O)c12. The molecule has 2 aromatic rings. The molecule has 0 radical (unpaired) electrons. The molecule has 1 aromatic carbocycles. The summed E-state index contributed by atoms with van der Waals surface area (Å²) in [6, 6.07) is 4.90. The Balaban J connectivity index is 2.10. The summed E-state index contributed by atoms with van der Waals surface area (Å²) in [6.45, 7) is 0.970. The van der Waals surface area contributed by atoms with Crippen LogP contribution in [0.25, 0.3) is 10.9 Å². The van der Waals surface area contributed by atoms with Gasteiger partial charge in [0.1, 0.15) is 12.0 Å². The van der Waals surface area contributed by atoms with Gasteiger partial charge in [-0.25, -0.2) is 4.57 Å². The second-order valence-electron chi connectivity index (χ2n) is 6.64. The van der Waals surface area contributed by atoms with Crippen molar-refractivity contribution in [3.8, 4) is 5.75 Å². The van der Waals surface area contributed by atoms with Gasteiger partial charge in [-0.1, -0.05) is 6.07 Å². The fraction of sp³-hybridized carbons (Fsp3) is 0.467. The first-order valence-corrected chi connectivity index (χ1v) is 11.5. The highest BCUT2D eigenvalue weighted by atomic mass is 31.2. The minimum absolute atomic E-state index is 0.0101. The molecule has 0 saturated carbocycles. The second-order valence-corrected chi connectivity index (χ2v) is 9.42. The van der Waals surface area contributed by atoms with Crippen molar-refractivity contribution in [2.75, 3.05) is 13.6 Å². The van der Waals surface area contributed by atoms with Gasteiger partial charge < -0.3 is 23.8 Å². The standard InChI is InChI=1S/C15H22N2O7P2/c1-16-7-3-4-12(16)8-11-9-17(10-25(18,19)20)13-5-2-6-14(15(11)13)24-26(21,22)23/h2,5-6,9,12H,3-4,7-8,10H2,1H3,(H2,18,19,20)(H2,21,22,23). The van der Waals surface area contributed by atoms with E-state index in [0.717, 1.165) is 24.9 Å². The van der Waals surface area contributed by atoms with E-state index in [9.17, 15) is 28.7 Å². The molecule has 1 aliphatic rings. The summed E-state index contributed by atoms with van der Waals surface area (Å²) in [4.78, 5) is 39.3. The number of rotatable bonds is 6. The van der Waals surface area contributed by atoms with E-state index in [4.69, 9.17) is 4.52 Å². The first-order valence-electron chi connectivity index (χ1n) is 8.14. The van der Waals surface area contributed by atoms with Crippen molar-refractivity contribution in [2.45, 2.75) is 31.6 Å². The number of likely N-dealkylation sites (N-methyl/N-ethyl adjacent to an activating group) is 1. The molecule has 26 heavy (non-hydrogen) atoms. The molecule has 11 heteroatoms. The van der Waals surface area contributed by atoms with Gasteiger partial charge in [0, 0.05) is 17.6 Å². The van der Waals surface area contributed by atoms with Crippen molar-refractivity contribution in [3.63, 3.8) is 0 Å². The summed E-state index contributed by atoms with van der Waals surface area (Å²) in [7, 11) is -7.08. The summed E-state index contributed by atoms with van der Waals surface area (Å²) in [5.74, 6) is 0.0101. The van der Waals surface area contributed by atoms with Crippen molar-refractivity contribution in [2.24, 2.45) is 0 Å². The van der Waals surface area contributed by atoms with E-state index in [0.29, 0.717) is 17.3 Å². The molecular formula is C15H22N2O7P2. The quantitative estimate of drug-likeness (QED) is 0.537. The van der Waals surface area contributed by atoms with Gasteiger partial charge in [-0.15, -0.1) is 0 Å². The van der Waals surface area contributed by atoms with E-state index in [1.807, 2.05) is 7.05 Å². The van der Waals surface area contributed by atoms with Crippen molar-refractivity contribution >= 4 is 26.3 Å². The average molecular weight is 404 g/mol. The fourth-order valence-electron chi connectivity index (χ4n) is 3.57. The predicted molar refractivity (Wildman–Crippen MR) is 96.0 cm³/mol. The molecule has 4 N–H and O–H groups in total. The van der Waals surface area contributed by atoms with Crippen molar-refractivity contribution in [1.29, 1.82) is 0 Å². The van der Waals surface area contributed by atoms with E-state index in [1.165, 1.54) is 16.7 Å². The first kappa shape index (κ1) is 19.6. The highest BCUT2D eigenvalue weighted by Crippen LogP contribution is 2.44. The molecular weight excluding hydrogens is 382 g/mol. The zero-order valence-corrected chi connectivity index (χ0v) is 16.0. The number of benzene rings is 1. The van der Waals surface area contributed by atoms with Crippen molar-refractivity contribution in [3.05, 3.63) is 30.0 Å². The maximum atomic E-state index is 11.5. The van der Waals surface area contributed by atoms with Gasteiger partial charge in [-0.05, 0) is 50.6 Å². The van der Waals surface area contributed by atoms with Crippen LogP contribution >= 0.6 is 15.4 Å². The van der Waals surface area contributed by atoms with E-state index < -0.39 is 21.7 Å². The summed E-state index contributed by atoms with van der Waals surface area (Å²) in [5.41, 5.74) is 1.21. The highest BCUT2D eigenvalue weighted by Gasteiger charge is 2.27. The molecule has 0 amide bonds. The number of likely N-dealkylation sites (tertiary alicyclic amines) is 1. The van der Waals surface area contributed by atoms with E-state index >= 15 is 0 Å². The molecule has 1 aliphatic heterocycles. The van der Waals surface area contributed by atoms with Gasteiger partial charge in [0.2, 0.25) is 0 Å². The molecule has 3 rings (SSSR count). The first-order chi connectivity index (χ1) is 12.0. The zero-order valence-electron chi connectivity index (χ0n) is 14.2. The minimum atomic E-state index is -4.76. The van der Waals surface area contributed by atoms with E-state index in [-0.39, 0.29) is 11.8 Å². The second kappa shape index (κ2) is 7.09. The van der Waals surface area contributed by atoms with Crippen LogP contribution in [0.1, 0.15) is 18.4 Å². The number of phosphoric acid groups is 1. The molecule has 0 spiro atoms. The number of phosphoric ester groups is 1. The molecule has 0 aliphatic carbocycles. The monoisotopic (exact) mass is 404 g/mol. The van der Waals surface area contributed by atoms with Crippen LogP contribution in [-0.2, 0) is 21.8 Å². The maximum Gasteiger partial charge on any atom is 0.524 e. The third kappa shape index (κ3) is 4.56. The molecule has 1 saturated heterocycles. The topological polar surface area (TPSA) is 132 Å². The van der Waals surface area contributed by atoms with Gasteiger partial charge in [-0.3, -0.25) is 14.4 Å². The number of hydrogen-bond acceptors (Lipinski definition) is 4. The van der Waals surface area contributed by atoms with Crippen LogP contribution in [0.2, 0.25) is 0 Å². The van der Waals surface area contributed by atoms with Crippen LogP contribution in [0.4, 0.5) is 0 Å². The molecule has 144 valence electrons. The van der Waals surface area contributed by atoms with Crippen molar-refractivity contribution in [1.82, 2.24) is 9.47 Å². The third-order valence-corrected chi connectivity index (χ3v) is 5.74. The lowest BCUT2D eigenvalue weighted by Gasteiger charge is -2.19. The van der Waals surface area contributed by atoms with Gasteiger partial charge in [0.25, 0.3) is 0 Å². The summed E-state index contributed by atoms with van der Waals surface area (Å²) < 4.78 is 29.1. The smallest absolute Gasteiger partial charge is 0.404 e. The molecule has 1 aromatic heterocycles. The van der Waals surface area contributed by atoms with Crippen LogP contribution in [-0.4, -0.2) is 48.7 Å². The normalized spacial score (nSPS) is 19.3. The molecule has 9 nitrogen and oxygen atoms in total. The largest absolute Gasteiger partial charge is 0.524 e. The van der Waals surface area contributed by atoms with Gasteiger partial charge in [0.15, 0.2) is 0 Å². The van der Waals surface area contributed by atoms with Crippen LogP contribution in [0.3, 0.4) is 0 Å². The summed E-state index contributed by atoms with van der Waals surface area (Å²) >= 11 is 0. The summed E-state index contributed by atoms with van der Waals surface area (Å²) in [6.07, 6.45) is 3.78. The minimum Gasteiger partial charge on any atom is -0.404 e. The third-order valence-electron chi connectivity index (χ3n) is 4.63. The Kier molecular flexibility index (Phi) is 5.34. The van der Waals surface area contributed by atoms with Gasteiger partial charge in [-0.2, -0.15) is 0 Å². The molecule has 1 atom stereocenters. The van der Waals surface area contributed by atoms with Crippen LogP contribution in [0.15, 0.2) is 24.4 Å². The number of nitrogens with zero attached hydrogens (tertiary/aromatic N) is 2. The Morgan fingerprint density at radius 3 is 2.54 bits per heavy atom. The summed E-state index contributed by atoms with van der Waals surface area (Å²) in [5, 5.41) is 0.476. The van der Waals surface area contributed by atoms with Crippen LogP contribution in [0.5, 0.6) is 5.75 Å². The molecule has 2 heterocycles. The lowest BCUT2D eigenvalue weighted by atomic mass is 10.0. The highest BCUT2D eigenvalue weighted by molar-refractivity contribution is 7.50. The predicted octanol–water partition coefficient (Wildman–Crippen LogP) is 1.88. The number of hydrogen-bond donors (Lipinski definition) is 4. The van der Waals surface area contributed by atoms with E-state index in [2.05, 4.69) is 4.90 Å². The molecule has 1 fully saturated rings. The zero-order chi connectivity index (χ0) is 19.1. The number of aromatic nitrogens is 1. The lowest BCUT2D eigenvalue weighted by Crippen LogP contribution is -2.26. The van der Waals surface area contributed by atoms with E-state index in [1.54, 1.807) is 12.3 Å². The van der Waals surface area contributed by atoms with Crippen molar-refractivity contribution < 1.29 is 33.2 Å². The van der Waals surface area contributed by atoms with Gasteiger partial charge >= 0.3 is 15.4 Å². The van der Waals surface area contributed by atoms with Crippen LogP contribution < -0.4 is 4.52 Å². The average Bonchev–Trinajstić information content (AvgIpc) is 3.02. The fourth-order valence-corrected chi connectivity index (χ4v) is 4.61. The van der Waals surface area contributed by atoms with Gasteiger partial charge in [0.05, 0.1) is 5.52 Å². The Morgan fingerprint density at radius 2 is 1.96 bits per heavy atom. The molecule has 0 bridgehead atoms. The lowest BCUT2D eigenvalue weighted by molar-refractivity contribution is 0.284. The van der Waals surface area contributed by atoms with Crippen LogP contribution in [0, 0.1) is 0 Å². The Bertz CT molecular complexity index is 901. The number of fused-ring (bicyclic) bond motifs is 1. The maximum absolute atomic E-state index is 11.5. The Labute approximate surface area is 150 Å². The Hall–Kier alpha value is -1.18. The Morgan fingerprint density at radius 1 is 1.23 bits per heavy atom. The molecule has 1 unspecified atom stereocenters.